The van der Waals surface area contributed by atoms with Crippen LogP contribution < -0.4 is 9.47 Å². The van der Waals surface area contributed by atoms with Crippen molar-refractivity contribution in [2.75, 3.05) is 0 Å². The van der Waals surface area contributed by atoms with Crippen LogP contribution in [0.5, 0.6) is 11.5 Å². The quantitative estimate of drug-likeness (QED) is 0.185. The van der Waals surface area contributed by atoms with Crippen LogP contribution in [0, 0.1) is 0 Å². The summed E-state index contributed by atoms with van der Waals surface area (Å²) in [6.45, 7) is 1.44. The highest BCUT2D eigenvalue weighted by Gasteiger charge is 2.33. The van der Waals surface area contributed by atoms with Crippen molar-refractivity contribution in [3.8, 4) is 32.6 Å². The molecular weight excluding hydrogens is 645 g/mol. The molecular formula is C33H26N4O6S3. The summed E-state index contributed by atoms with van der Waals surface area (Å²) in [4.78, 5) is 15.3. The highest BCUT2D eigenvalue weighted by Crippen LogP contribution is 2.47. The van der Waals surface area contributed by atoms with Gasteiger partial charge in [0.25, 0.3) is 0 Å². The molecule has 13 heteroatoms. The van der Waals surface area contributed by atoms with E-state index >= 15 is 0 Å². The summed E-state index contributed by atoms with van der Waals surface area (Å²) >= 11 is 2.52. The van der Waals surface area contributed by atoms with Crippen molar-refractivity contribution >= 4 is 38.6 Å². The molecule has 2 aliphatic heterocycles. The fraction of sp³-hybridized carbons (Fsp3) is 0.182. The van der Waals surface area contributed by atoms with Crippen LogP contribution >= 0.6 is 22.7 Å². The Bertz CT molecular complexity index is 2220. The molecule has 0 spiro atoms. The van der Waals surface area contributed by atoms with Crippen molar-refractivity contribution in [2.45, 2.75) is 43.4 Å². The van der Waals surface area contributed by atoms with Crippen LogP contribution in [0.4, 0.5) is 0 Å². The lowest BCUT2D eigenvalue weighted by molar-refractivity contribution is -0.117. The average Bonchev–Trinajstić information content (AvgIpc) is 3.83. The van der Waals surface area contributed by atoms with Crippen LogP contribution in [0.1, 0.15) is 33.6 Å². The van der Waals surface area contributed by atoms with E-state index in [1.807, 2.05) is 64.7 Å². The van der Waals surface area contributed by atoms with Gasteiger partial charge in [0.1, 0.15) is 30.5 Å². The zero-order chi connectivity index (χ0) is 31.4. The van der Waals surface area contributed by atoms with Gasteiger partial charge < -0.3 is 9.47 Å². The van der Waals surface area contributed by atoms with Gasteiger partial charge in [-0.3, -0.25) is 18.7 Å². The molecule has 6 aromatic rings. The third-order valence-electron chi connectivity index (χ3n) is 8.08. The molecule has 10 nitrogen and oxygen atoms in total. The zero-order valence-corrected chi connectivity index (χ0v) is 26.7. The summed E-state index contributed by atoms with van der Waals surface area (Å²) in [6, 6.07) is 23.2. The predicted octanol–water partition coefficient (Wildman–Crippen LogP) is 6.02. The molecule has 4 aromatic heterocycles. The topological polar surface area (TPSA) is 126 Å². The normalized spacial score (nSPS) is 13.2. The second kappa shape index (κ2) is 11.4. The number of hydrogen-bond donors (Lipinski definition) is 1. The molecule has 6 heterocycles. The number of ketones is 1. The summed E-state index contributed by atoms with van der Waals surface area (Å²) in [5, 5.41) is 11.8. The Morgan fingerprint density at radius 2 is 1.33 bits per heavy atom. The second-order valence-electron chi connectivity index (χ2n) is 11.2. The molecule has 232 valence electrons. The third kappa shape index (κ3) is 5.24. The molecule has 0 radical (unpaired) electrons. The van der Waals surface area contributed by atoms with E-state index in [4.69, 9.17) is 19.7 Å². The lowest BCUT2D eigenvalue weighted by Gasteiger charge is -2.17. The first-order valence-electron chi connectivity index (χ1n) is 14.5. The van der Waals surface area contributed by atoms with E-state index < -0.39 is 10.1 Å². The number of carbonyl (C=O) groups is 1. The van der Waals surface area contributed by atoms with Gasteiger partial charge in [0.2, 0.25) is 0 Å². The Labute approximate surface area is 272 Å². The molecule has 8 rings (SSSR count). The summed E-state index contributed by atoms with van der Waals surface area (Å²) < 4.78 is 49.1. The molecule has 0 fully saturated rings. The number of ether oxygens (including phenoxy) is 2. The zero-order valence-electron chi connectivity index (χ0n) is 24.3. The first kappa shape index (κ1) is 28.9. The highest BCUT2D eigenvalue weighted by molar-refractivity contribution is 7.88. The van der Waals surface area contributed by atoms with Gasteiger partial charge >= 0.3 is 10.1 Å². The van der Waals surface area contributed by atoms with Gasteiger partial charge in [0.05, 0.1) is 58.5 Å². The summed E-state index contributed by atoms with van der Waals surface area (Å²) in [6.07, 6.45) is 0.150. The Morgan fingerprint density at radius 1 is 0.783 bits per heavy atom. The SMILES string of the molecule is O=C(Cc1nn(Cc2ccccc2)c2c1COc1ccsc1-2)Cc1nn(Cc2ccccc2)c2c1COc1cc(S(=O)(=O)O)sc1-2. The second-order valence-corrected chi connectivity index (χ2v) is 14.8. The van der Waals surface area contributed by atoms with Gasteiger partial charge in [0, 0.05) is 17.2 Å². The van der Waals surface area contributed by atoms with Crippen molar-refractivity contribution < 1.29 is 27.2 Å². The molecule has 0 saturated heterocycles. The monoisotopic (exact) mass is 670 g/mol. The average molecular weight is 671 g/mol. The van der Waals surface area contributed by atoms with Gasteiger partial charge in [-0.1, -0.05) is 60.7 Å². The van der Waals surface area contributed by atoms with Crippen molar-refractivity contribution in [1.82, 2.24) is 19.6 Å². The van der Waals surface area contributed by atoms with Gasteiger partial charge in [-0.2, -0.15) is 18.6 Å². The van der Waals surface area contributed by atoms with E-state index in [-0.39, 0.29) is 29.4 Å². The first-order valence-corrected chi connectivity index (χ1v) is 17.7. The smallest absolute Gasteiger partial charge is 0.304 e. The molecule has 0 atom stereocenters. The van der Waals surface area contributed by atoms with Crippen LogP contribution in [-0.4, -0.2) is 38.3 Å². The van der Waals surface area contributed by atoms with Crippen LogP contribution in [0.15, 0.2) is 82.4 Å². The highest BCUT2D eigenvalue weighted by atomic mass is 32.3. The standard InChI is InChI=1S/C33H26N4O6S3/c38-22(13-25-23-18-42-27-11-12-44-32(27)30(23)36(34-25)16-20-7-3-1-4-8-20)14-26-24-19-43-28-15-29(46(39,40)41)45-33(28)31(24)37(35-26)17-21-9-5-2-6-10-21/h1-12,15H,13-14,16-19H2,(H,39,40,41). The number of thiophene rings is 2. The fourth-order valence-electron chi connectivity index (χ4n) is 6.01. The minimum atomic E-state index is -4.42. The number of hydrogen-bond acceptors (Lipinski definition) is 9. The van der Waals surface area contributed by atoms with Crippen molar-refractivity contribution in [3.05, 3.63) is 112 Å². The van der Waals surface area contributed by atoms with E-state index in [1.54, 1.807) is 16.0 Å². The van der Waals surface area contributed by atoms with E-state index in [1.165, 1.54) is 6.07 Å². The molecule has 0 bridgehead atoms. The molecule has 1 N–H and O–H groups in total. The molecule has 0 amide bonds. The van der Waals surface area contributed by atoms with Gasteiger partial charge in [0.15, 0.2) is 4.21 Å². The maximum atomic E-state index is 13.8. The van der Waals surface area contributed by atoms with E-state index in [2.05, 4.69) is 12.1 Å². The van der Waals surface area contributed by atoms with E-state index in [9.17, 15) is 17.8 Å². The number of rotatable bonds is 9. The third-order valence-corrected chi connectivity index (χ3v) is 11.4. The number of benzene rings is 2. The van der Waals surface area contributed by atoms with Crippen LogP contribution in [-0.2, 0) is 54.1 Å². The number of fused-ring (bicyclic) bond motifs is 6. The van der Waals surface area contributed by atoms with Crippen LogP contribution in [0.3, 0.4) is 0 Å². The summed E-state index contributed by atoms with van der Waals surface area (Å²) in [5.41, 5.74) is 6.67. The molecule has 46 heavy (non-hydrogen) atoms. The summed E-state index contributed by atoms with van der Waals surface area (Å²) in [5.74, 6) is 1.12. The van der Waals surface area contributed by atoms with Crippen LogP contribution in [0.2, 0.25) is 0 Å². The Morgan fingerprint density at radius 3 is 1.89 bits per heavy atom. The largest absolute Gasteiger partial charge is 0.487 e. The maximum absolute atomic E-state index is 13.8. The fourth-order valence-corrected chi connectivity index (χ4v) is 8.76. The maximum Gasteiger partial charge on any atom is 0.304 e. The number of carbonyl (C=O) groups excluding carboxylic acids is 1. The minimum Gasteiger partial charge on any atom is -0.487 e. The van der Waals surface area contributed by atoms with Gasteiger partial charge in [-0.25, -0.2) is 0 Å². The Hall–Kier alpha value is -4.56. The minimum absolute atomic E-state index is 0.0464. The van der Waals surface area contributed by atoms with Crippen molar-refractivity contribution in [1.29, 1.82) is 0 Å². The first-order chi connectivity index (χ1) is 22.3. The molecule has 0 unspecified atom stereocenters. The van der Waals surface area contributed by atoms with E-state index in [0.717, 1.165) is 49.9 Å². The Balaban J connectivity index is 1.13. The molecule has 0 aliphatic carbocycles. The van der Waals surface area contributed by atoms with E-state index in [0.29, 0.717) is 47.4 Å². The predicted molar refractivity (Wildman–Crippen MR) is 173 cm³/mol. The Kier molecular flexibility index (Phi) is 7.13. The van der Waals surface area contributed by atoms with Crippen molar-refractivity contribution in [2.24, 2.45) is 0 Å². The van der Waals surface area contributed by atoms with Gasteiger partial charge in [-0.05, 0) is 22.6 Å². The van der Waals surface area contributed by atoms with Crippen molar-refractivity contribution in [3.63, 3.8) is 0 Å². The molecule has 0 saturated carbocycles. The lowest BCUT2D eigenvalue weighted by atomic mass is 10.0. The summed E-state index contributed by atoms with van der Waals surface area (Å²) in [7, 11) is -4.42. The van der Waals surface area contributed by atoms with Crippen LogP contribution in [0.25, 0.3) is 21.1 Å². The lowest BCUT2D eigenvalue weighted by Crippen LogP contribution is -2.13. The van der Waals surface area contributed by atoms with Gasteiger partial charge in [-0.15, -0.1) is 22.7 Å². The number of aromatic nitrogens is 4. The molecule has 2 aliphatic rings. The molecule has 2 aromatic carbocycles. The number of Topliss-reactive ketones (excluding diaryl/α,β-unsaturated/α-hetero) is 1. The number of nitrogens with zero attached hydrogens (tertiary/aromatic N) is 4.